The van der Waals surface area contributed by atoms with Gasteiger partial charge in [0.2, 0.25) is 0 Å². The summed E-state index contributed by atoms with van der Waals surface area (Å²) in [5.74, 6) is 0.753. The molecule has 0 saturated carbocycles. The number of aryl methyl sites for hydroxylation is 1. The number of sulfonamides is 1. The van der Waals surface area contributed by atoms with Crippen molar-refractivity contribution in [1.29, 1.82) is 0 Å². The monoisotopic (exact) mass is 363 g/mol. The van der Waals surface area contributed by atoms with Crippen LogP contribution in [0.25, 0.3) is 22.4 Å². The third-order valence-electron chi connectivity index (χ3n) is 4.10. The van der Waals surface area contributed by atoms with E-state index in [-0.39, 0.29) is 4.90 Å². The molecule has 4 aromatic rings. The third-order valence-corrected chi connectivity index (χ3v) is 5.50. The molecule has 0 aliphatic rings. The Labute approximate surface area is 151 Å². The summed E-state index contributed by atoms with van der Waals surface area (Å²) in [7, 11) is -3.59. The van der Waals surface area contributed by atoms with Crippen molar-refractivity contribution < 1.29 is 8.42 Å². The zero-order valence-corrected chi connectivity index (χ0v) is 14.9. The van der Waals surface area contributed by atoms with Crippen LogP contribution in [0.1, 0.15) is 5.56 Å². The van der Waals surface area contributed by atoms with Gasteiger partial charge in [0.1, 0.15) is 5.82 Å². The first kappa shape index (κ1) is 16.4. The van der Waals surface area contributed by atoms with E-state index in [1.807, 2.05) is 37.3 Å². The fraction of sp³-hybridized carbons (Fsp3) is 0.0500. The van der Waals surface area contributed by atoms with Crippen LogP contribution in [-0.4, -0.2) is 18.4 Å². The van der Waals surface area contributed by atoms with Gasteiger partial charge in [-0.05, 0) is 61.0 Å². The summed E-state index contributed by atoms with van der Waals surface area (Å²) in [4.78, 5) is 8.11. The van der Waals surface area contributed by atoms with Crippen LogP contribution in [0.4, 0.5) is 5.69 Å². The van der Waals surface area contributed by atoms with Crippen LogP contribution in [0, 0.1) is 6.92 Å². The lowest BCUT2D eigenvalue weighted by molar-refractivity contribution is 0.601. The van der Waals surface area contributed by atoms with E-state index in [0.29, 0.717) is 5.69 Å². The van der Waals surface area contributed by atoms with E-state index >= 15 is 0 Å². The lowest BCUT2D eigenvalue weighted by Gasteiger charge is -2.08. The summed E-state index contributed by atoms with van der Waals surface area (Å²) in [5.41, 5.74) is 4.44. The number of nitrogens with one attached hydrogen (secondary N) is 2. The Bertz CT molecular complexity index is 1160. The van der Waals surface area contributed by atoms with Crippen molar-refractivity contribution in [2.75, 3.05) is 4.72 Å². The summed E-state index contributed by atoms with van der Waals surface area (Å²) >= 11 is 0. The number of aromatic amines is 1. The predicted molar refractivity (Wildman–Crippen MR) is 104 cm³/mol. The van der Waals surface area contributed by atoms with E-state index in [2.05, 4.69) is 14.7 Å². The first-order valence-corrected chi connectivity index (χ1v) is 9.64. The Balaban J connectivity index is 1.60. The molecule has 3 aromatic carbocycles. The minimum atomic E-state index is -3.59. The number of anilines is 1. The molecule has 0 atom stereocenters. The molecule has 26 heavy (non-hydrogen) atoms. The number of rotatable bonds is 4. The molecule has 0 radical (unpaired) electrons. The highest BCUT2D eigenvalue weighted by Gasteiger charge is 2.13. The highest BCUT2D eigenvalue weighted by molar-refractivity contribution is 7.92. The number of imidazole rings is 1. The number of aromatic nitrogens is 2. The molecule has 1 heterocycles. The van der Waals surface area contributed by atoms with E-state index < -0.39 is 10.0 Å². The molecule has 0 fully saturated rings. The molecular formula is C20H17N3O2S. The van der Waals surface area contributed by atoms with Crippen LogP contribution in [0.3, 0.4) is 0 Å². The van der Waals surface area contributed by atoms with Crippen LogP contribution in [0.2, 0.25) is 0 Å². The molecule has 4 rings (SSSR count). The molecule has 130 valence electrons. The lowest BCUT2D eigenvalue weighted by atomic mass is 10.2. The molecule has 1 aromatic heterocycles. The van der Waals surface area contributed by atoms with Crippen molar-refractivity contribution in [1.82, 2.24) is 9.97 Å². The van der Waals surface area contributed by atoms with Gasteiger partial charge in [0.25, 0.3) is 10.0 Å². The molecule has 5 nitrogen and oxygen atoms in total. The maximum atomic E-state index is 12.4. The second kappa shape index (κ2) is 6.31. The van der Waals surface area contributed by atoms with Crippen molar-refractivity contribution in [3.63, 3.8) is 0 Å². The molecular weight excluding hydrogens is 346 g/mol. The molecule has 0 amide bonds. The fourth-order valence-corrected chi connectivity index (χ4v) is 3.85. The molecule has 6 heteroatoms. The lowest BCUT2D eigenvalue weighted by Crippen LogP contribution is -2.12. The van der Waals surface area contributed by atoms with E-state index in [1.165, 1.54) is 5.56 Å². The highest BCUT2D eigenvalue weighted by atomic mass is 32.2. The van der Waals surface area contributed by atoms with E-state index in [9.17, 15) is 8.42 Å². The van der Waals surface area contributed by atoms with Crippen molar-refractivity contribution in [3.05, 3.63) is 78.4 Å². The Morgan fingerprint density at radius 3 is 2.38 bits per heavy atom. The van der Waals surface area contributed by atoms with Crippen molar-refractivity contribution in [2.45, 2.75) is 11.8 Å². The highest BCUT2D eigenvalue weighted by Crippen LogP contribution is 2.24. The van der Waals surface area contributed by atoms with Gasteiger partial charge in [-0.1, -0.05) is 24.3 Å². The van der Waals surface area contributed by atoms with Gasteiger partial charge in [0.15, 0.2) is 0 Å². The topological polar surface area (TPSA) is 74.8 Å². The normalized spacial score (nSPS) is 11.6. The minimum absolute atomic E-state index is 0.233. The number of nitrogens with zero attached hydrogens (tertiary/aromatic N) is 1. The SMILES string of the molecule is Cc1ccc2nc(-c3ccc(NS(=O)(=O)c4ccccc4)cc3)[nH]c2c1. The van der Waals surface area contributed by atoms with Gasteiger partial charge in [0, 0.05) is 11.3 Å². The first-order valence-electron chi connectivity index (χ1n) is 8.16. The largest absolute Gasteiger partial charge is 0.338 e. The smallest absolute Gasteiger partial charge is 0.261 e. The molecule has 2 N–H and O–H groups in total. The summed E-state index contributed by atoms with van der Waals surface area (Å²) in [5, 5.41) is 0. The van der Waals surface area contributed by atoms with Crippen LogP contribution < -0.4 is 4.72 Å². The van der Waals surface area contributed by atoms with E-state index in [1.54, 1.807) is 42.5 Å². The summed E-state index contributed by atoms with van der Waals surface area (Å²) in [6.45, 7) is 2.04. The van der Waals surface area contributed by atoms with Crippen LogP contribution >= 0.6 is 0 Å². The Morgan fingerprint density at radius 2 is 1.65 bits per heavy atom. The predicted octanol–water partition coefficient (Wildman–Crippen LogP) is 4.34. The second-order valence-corrected chi connectivity index (χ2v) is 7.78. The van der Waals surface area contributed by atoms with Gasteiger partial charge in [0.05, 0.1) is 15.9 Å². The quantitative estimate of drug-likeness (QED) is 0.566. The third kappa shape index (κ3) is 3.19. The summed E-state index contributed by atoms with van der Waals surface area (Å²) in [6, 6.07) is 21.5. The summed E-state index contributed by atoms with van der Waals surface area (Å²) < 4.78 is 27.3. The van der Waals surface area contributed by atoms with Gasteiger partial charge in [-0.25, -0.2) is 13.4 Å². The number of hydrogen-bond donors (Lipinski definition) is 2. The molecule has 0 bridgehead atoms. The number of H-pyrrole nitrogens is 1. The van der Waals surface area contributed by atoms with E-state index in [4.69, 9.17) is 0 Å². The molecule has 0 spiro atoms. The Kier molecular flexibility index (Phi) is 3.97. The second-order valence-electron chi connectivity index (χ2n) is 6.10. The standard InChI is InChI=1S/C20H17N3O2S/c1-14-7-12-18-19(13-14)22-20(21-18)15-8-10-16(11-9-15)23-26(24,25)17-5-3-2-4-6-17/h2-13,23H,1H3,(H,21,22). The first-order chi connectivity index (χ1) is 12.5. The van der Waals surface area contributed by atoms with Gasteiger partial charge in [-0.15, -0.1) is 0 Å². The van der Waals surface area contributed by atoms with Gasteiger partial charge in [-0.2, -0.15) is 0 Å². The van der Waals surface area contributed by atoms with Crippen molar-refractivity contribution in [2.24, 2.45) is 0 Å². The van der Waals surface area contributed by atoms with Gasteiger partial charge >= 0.3 is 0 Å². The molecule has 0 aliphatic carbocycles. The van der Waals surface area contributed by atoms with Crippen molar-refractivity contribution in [3.8, 4) is 11.4 Å². The van der Waals surface area contributed by atoms with E-state index in [0.717, 1.165) is 22.4 Å². The molecule has 0 unspecified atom stereocenters. The Morgan fingerprint density at radius 1 is 0.923 bits per heavy atom. The molecule has 0 aliphatic heterocycles. The number of benzene rings is 3. The van der Waals surface area contributed by atoms with Gasteiger partial charge in [-0.3, -0.25) is 4.72 Å². The maximum Gasteiger partial charge on any atom is 0.261 e. The average Bonchev–Trinajstić information content (AvgIpc) is 3.06. The zero-order chi connectivity index (χ0) is 18.1. The zero-order valence-electron chi connectivity index (χ0n) is 14.1. The maximum absolute atomic E-state index is 12.4. The van der Waals surface area contributed by atoms with Crippen LogP contribution in [0.5, 0.6) is 0 Å². The Hall–Kier alpha value is -3.12. The number of fused-ring (bicyclic) bond motifs is 1. The van der Waals surface area contributed by atoms with Crippen LogP contribution in [0.15, 0.2) is 77.7 Å². The minimum Gasteiger partial charge on any atom is -0.338 e. The molecule has 0 saturated heterocycles. The van der Waals surface area contributed by atoms with Gasteiger partial charge < -0.3 is 4.98 Å². The van der Waals surface area contributed by atoms with Crippen LogP contribution in [-0.2, 0) is 10.0 Å². The fourth-order valence-electron chi connectivity index (χ4n) is 2.77. The van der Waals surface area contributed by atoms with Crippen molar-refractivity contribution >= 4 is 26.7 Å². The summed E-state index contributed by atoms with van der Waals surface area (Å²) in [6.07, 6.45) is 0. The average molecular weight is 363 g/mol. The number of hydrogen-bond acceptors (Lipinski definition) is 3.